The lowest BCUT2D eigenvalue weighted by Gasteiger charge is -2.49. The molecule has 0 bridgehead atoms. The van der Waals surface area contributed by atoms with Gasteiger partial charge in [0.2, 0.25) is 0 Å². The molecule has 45 heavy (non-hydrogen) atoms. The topological polar surface area (TPSA) is 3.24 Å². The van der Waals surface area contributed by atoms with E-state index in [-0.39, 0.29) is 10.8 Å². The van der Waals surface area contributed by atoms with Crippen molar-refractivity contribution in [2.75, 3.05) is 4.90 Å². The molecule has 0 fully saturated rings. The minimum atomic E-state index is -0.167. The van der Waals surface area contributed by atoms with Crippen LogP contribution in [0.1, 0.15) is 49.9 Å². The molecule has 0 radical (unpaired) electrons. The molecule has 7 aromatic carbocycles. The minimum absolute atomic E-state index is 0.0759. The second-order valence-corrected chi connectivity index (χ2v) is 13.8. The van der Waals surface area contributed by atoms with Gasteiger partial charge in [0.05, 0.1) is 17.1 Å². The molecule has 7 aromatic rings. The Balaban J connectivity index is 1.29. The normalized spacial score (nSPS) is 15.4. The maximum Gasteiger partial charge on any atom is 0.0543 e. The van der Waals surface area contributed by atoms with Crippen molar-refractivity contribution in [1.29, 1.82) is 0 Å². The van der Waals surface area contributed by atoms with E-state index < -0.39 is 0 Å². The summed E-state index contributed by atoms with van der Waals surface area (Å²) in [6.07, 6.45) is 0. The molecular weight excluding hydrogens is 542 g/mol. The second-order valence-electron chi connectivity index (χ2n) is 13.8. The molecule has 0 unspecified atom stereocenters. The Morgan fingerprint density at radius 1 is 0.400 bits per heavy atom. The van der Waals surface area contributed by atoms with Crippen LogP contribution in [0.2, 0.25) is 0 Å². The minimum Gasteiger partial charge on any atom is -0.309 e. The molecule has 0 spiro atoms. The van der Waals surface area contributed by atoms with E-state index in [1.165, 1.54) is 83.1 Å². The van der Waals surface area contributed by atoms with Crippen LogP contribution in [0.3, 0.4) is 0 Å². The zero-order valence-corrected chi connectivity index (χ0v) is 26.2. The summed E-state index contributed by atoms with van der Waals surface area (Å²) >= 11 is 0. The molecule has 0 saturated carbocycles. The Bertz CT molecular complexity index is 2340. The van der Waals surface area contributed by atoms with Gasteiger partial charge < -0.3 is 4.90 Å². The fourth-order valence-electron chi connectivity index (χ4n) is 8.30. The molecule has 2 aliphatic rings. The van der Waals surface area contributed by atoms with E-state index in [9.17, 15) is 0 Å². The Kier molecular flexibility index (Phi) is 5.37. The van der Waals surface area contributed by atoms with E-state index in [2.05, 4.69) is 172 Å². The van der Waals surface area contributed by atoms with Crippen molar-refractivity contribution in [2.45, 2.75) is 38.5 Å². The van der Waals surface area contributed by atoms with Gasteiger partial charge in [0.25, 0.3) is 0 Å². The summed E-state index contributed by atoms with van der Waals surface area (Å²) in [6.45, 7) is 9.55. The molecule has 0 N–H and O–H groups in total. The molecule has 9 rings (SSSR count). The Labute approximate surface area is 265 Å². The maximum absolute atomic E-state index is 2.54. The Hall–Kier alpha value is -5.14. The van der Waals surface area contributed by atoms with Crippen molar-refractivity contribution in [1.82, 2.24) is 0 Å². The molecule has 2 heterocycles. The van der Waals surface area contributed by atoms with E-state index in [1.807, 2.05) is 0 Å². The summed E-state index contributed by atoms with van der Waals surface area (Å²) in [5.41, 5.74) is 14.3. The molecule has 0 aromatic heterocycles. The van der Waals surface area contributed by atoms with Crippen LogP contribution in [0.4, 0.5) is 17.1 Å². The van der Waals surface area contributed by atoms with Gasteiger partial charge in [-0.15, -0.1) is 0 Å². The van der Waals surface area contributed by atoms with Crippen LogP contribution in [-0.2, 0) is 10.8 Å². The van der Waals surface area contributed by atoms with Crippen molar-refractivity contribution < 1.29 is 0 Å². The van der Waals surface area contributed by atoms with Crippen LogP contribution in [0.15, 0.2) is 140 Å². The second kappa shape index (κ2) is 9.19. The van der Waals surface area contributed by atoms with Crippen LogP contribution in [0, 0.1) is 0 Å². The number of fused-ring (bicyclic) bond motifs is 7. The average Bonchev–Trinajstić information content (AvgIpc) is 3.07. The maximum atomic E-state index is 2.54. The predicted octanol–water partition coefficient (Wildman–Crippen LogP) is 12.1. The van der Waals surface area contributed by atoms with Crippen LogP contribution >= 0.6 is 0 Å². The van der Waals surface area contributed by atoms with Crippen molar-refractivity contribution in [3.63, 3.8) is 0 Å². The number of rotatable bonds is 2. The van der Waals surface area contributed by atoms with Crippen LogP contribution < -0.4 is 4.90 Å². The van der Waals surface area contributed by atoms with Gasteiger partial charge in [-0.05, 0) is 90.3 Å². The van der Waals surface area contributed by atoms with Gasteiger partial charge in [-0.2, -0.15) is 0 Å². The zero-order chi connectivity index (χ0) is 30.5. The smallest absolute Gasteiger partial charge is 0.0543 e. The lowest BCUT2D eigenvalue weighted by atomic mass is 9.66. The van der Waals surface area contributed by atoms with Gasteiger partial charge in [-0.1, -0.05) is 143 Å². The first-order valence-corrected chi connectivity index (χ1v) is 16.0. The predicted molar refractivity (Wildman–Crippen MR) is 191 cm³/mol. The van der Waals surface area contributed by atoms with Crippen LogP contribution in [-0.4, -0.2) is 0 Å². The number of nitrogens with zero attached hydrogens (tertiary/aromatic N) is 1. The van der Waals surface area contributed by atoms with Gasteiger partial charge in [0.1, 0.15) is 0 Å². The first-order valence-electron chi connectivity index (χ1n) is 16.0. The van der Waals surface area contributed by atoms with Crippen molar-refractivity contribution >= 4 is 38.6 Å². The average molecular weight is 578 g/mol. The van der Waals surface area contributed by atoms with E-state index in [1.54, 1.807) is 0 Å². The van der Waals surface area contributed by atoms with E-state index in [0.717, 1.165) is 0 Å². The van der Waals surface area contributed by atoms with Crippen molar-refractivity contribution in [3.8, 4) is 22.3 Å². The third kappa shape index (κ3) is 3.56. The van der Waals surface area contributed by atoms with E-state index >= 15 is 0 Å². The first kappa shape index (κ1) is 26.3. The highest BCUT2D eigenvalue weighted by atomic mass is 15.2. The Morgan fingerprint density at radius 2 is 0.978 bits per heavy atom. The van der Waals surface area contributed by atoms with E-state index in [4.69, 9.17) is 0 Å². The molecule has 1 nitrogen and oxygen atoms in total. The quantitative estimate of drug-likeness (QED) is 0.185. The molecule has 216 valence electrons. The third-order valence-corrected chi connectivity index (χ3v) is 10.6. The number of hydrogen-bond donors (Lipinski definition) is 0. The summed E-state index contributed by atoms with van der Waals surface area (Å²) in [7, 11) is 0. The lowest BCUT2D eigenvalue weighted by Crippen LogP contribution is -2.38. The fourth-order valence-corrected chi connectivity index (χ4v) is 8.30. The van der Waals surface area contributed by atoms with Crippen LogP contribution in [0.25, 0.3) is 43.8 Å². The van der Waals surface area contributed by atoms with Gasteiger partial charge in [-0.3, -0.25) is 0 Å². The fraction of sp³-hybridized carbons (Fsp3) is 0.136. The SMILES string of the molecule is CC1(C)c2ccccc2N2c3ccc(-c4ccccc4-c4cc5ccccc5c5ccccc45)cc3C(C)(C)c3cccc1c32. The highest BCUT2D eigenvalue weighted by Gasteiger charge is 2.45. The standard InChI is InChI=1S/C44H35N/c1-43(2)36-20-11-12-23-40(36)45-41-25-24-29(27-39(41)44(3,4)38-22-13-21-37(43)42(38)45)31-16-7-8-18-33(31)35-26-28-14-5-6-15-30(28)32-17-9-10-19-34(32)35/h5-27H,1-4H3. The summed E-state index contributed by atoms with van der Waals surface area (Å²) in [6, 6.07) is 52.0. The molecule has 0 atom stereocenters. The summed E-state index contributed by atoms with van der Waals surface area (Å²) in [4.78, 5) is 2.54. The molecule has 2 aliphatic heterocycles. The Morgan fingerprint density at radius 3 is 1.78 bits per heavy atom. The van der Waals surface area contributed by atoms with Crippen molar-refractivity contribution in [2.24, 2.45) is 0 Å². The van der Waals surface area contributed by atoms with Gasteiger partial charge in [-0.25, -0.2) is 0 Å². The number of anilines is 3. The van der Waals surface area contributed by atoms with Crippen LogP contribution in [0.5, 0.6) is 0 Å². The van der Waals surface area contributed by atoms with E-state index in [0.29, 0.717) is 0 Å². The molecule has 0 amide bonds. The highest BCUT2D eigenvalue weighted by Crippen LogP contribution is 2.60. The molecule has 0 aliphatic carbocycles. The number of hydrogen-bond acceptors (Lipinski definition) is 1. The molecule has 1 heteroatoms. The van der Waals surface area contributed by atoms with Gasteiger partial charge in [0.15, 0.2) is 0 Å². The lowest BCUT2D eigenvalue weighted by molar-refractivity contribution is 0.597. The molecular formula is C44H35N. The first-order chi connectivity index (χ1) is 21.9. The summed E-state index contributed by atoms with van der Waals surface area (Å²) in [5, 5.41) is 5.15. The largest absolute Gasteiger partial charge is 0.309 e. The summed E-state index contributed by atoms with van der Waals surface area (Å²) in [5.74, 6) is 0. The summed E-state index contributed by atoms with van der Waals surface area (Å²) < 4.78 is 0. The van der Waals surface area contributed by atoms with Gasteiger partial charge in [0, 0.05) is 10.8 Å². The number of benzene rings is 7. The third-order valence-electron chi connectivity index (χ3n) is 10.6. The van der Waals surface area contributed by atoms with Crippen molar-refractivity contribution in [3.05, 3.63) is 162 Å². The monoisotopic (exact) mass is 577 g/mol. The molecule has 0 saturated heterocycles. The highest BCUT2D eigenvalue weighted by molar-refractivity contribution is 6.14. The zero-order valence-electron chi connectivity index (χ0n) is 26.2. The number of para-hydroxylation sites is 2. The van der Waals surface area contributed by atoms with Gasteiger partial charge >= 0.3 is 0 Å².